The van der Waals surface area contributed by atoms with E-state index < -0.39 is 38.4 Å². The Morgan fingerprint density at radius 3 is 2.38 bits per heavy atom. The number of carbonyl (C=O) groups excluding carboxylic acids is 1. The van der Waals surface area contributed by atoms with Crippen LogP contribution in [0.5, 0.6) is 0 Å². The van der Waals surface area contributed by atoms with Crippen LogP contribution in [0.2, 0.25) is 0 Å². The van der Waals surface area contributed by atoms with Crippen LogP contribution in [-0.2, 0) is 31.1 Å². The molecule has 134 valence electrons. The smallest absolute Gasteiger partial charge is 0.239 e. The lowest BCUT2D eigenvalue weighted by atomic mass is 10.1. The number of nitrogens with zero attached hydrogens (tertiary/aromatic N) is 1. The number of amides is 1. The van der Waals surface area contributed by atoms with Crippen molar-refractivity contribution in [3.8, 4) is 0 Å². The molecule has 24 heavy (non-hydrogen) atoms. The number of nitrogens with one attached hydrogen (secondary N) is 1. The average molecular weight is 374 g/mol. The van der Waals surface area contributed by atoms with Crippen LogP contribution in [0.15, 0.2) is 24.3 Å². The summed E-state index contributed by atoms with van der Waals surface area (Å²) in [6.45, 7) is 1.63. The van der Waals surface area contributed by atoms with Crippen LogP contribution in [0.25, 0.3) is 0 Å². The summed E-state index contributed by atoms with van der Waals surface area (Å²) >= 11 is 0. The van der Waals surface area contributed by atoms with E-state index in [2.05, 4.69) is 5.32 Å². The molecule has 1 unspecified atom stereocenters. The van der Waals surface area contributed by atoms with Crippen LogP contribution < -0.4 is 5.32 Å². The van der Waals surface area contributed by atoms with E-state index in [0.717, 1.165) is 22.5 Å². The molecular formula is C15H22N2O5S2. The molecule has 0 saturated carbocycles. The first kappa shape index (κ1) is 18.9. The molecule has 0 radical (unpaired) electrons. The molecule has 0 spiro atoms. The van der Waals surface area contributed by atoms with E-state index in [0.29, 0.717) is 5.69 Å². The maximum Gasteiger partial charge on any atom is 0.239 e. The van der Waals surface area contributed by atoms with Gasteiger partial charge >= 0.3 is 0 Å². The third-order valence-corrected chi connectivity index (χ3v) is 7.02. The highest BCUT2D eigenvalue weighted by molar-refractivity contribution is 7.92. The summed E-state index contributed by atoms with van der Waals surface area (Å²) < 4.78 is 48.1. The first-order chi connectivity index (χ1) is 11.1. The molecule has 1 aliphatic rings. The van der Waals surface area contributed by atoms with E-state index >= 15 is 0 Å². The van der Waals surface area contributed by atoms with Crippen molar-refractivity contribution < 1.29 is 21.6 Å². The summed E-state index contributed by atoms with van der Waals surface area (Å²) in [5.41, 5.74) is 1.70. The number of anilines is 1. The van der Waals surface area contributed by atoms with Crippen LogP contribution in [0, 0.1) is 0 Å². The van der Waals surface area contributed by atoms with Crippen LogP contribution in [0.3, 0.4) is 0 Å². The standard InChI is InChI=1S/C15H22N2O5S2/c1-3-12-4-6-13(7-5-12)16-15(18)10-17(23(2,19)20)14-8-9-24(21,22)11-14/h4-7,14H,3,8-11H2,1-2H3,(H,16,18). The zero-order valence-electron chi connectivity index (χ0n) is 13.7. The van der Waals surface area contributed by atoms with Crippen molar-refractivity contribution in [1.29, 1.82) is 0 Å². The van der Waals surface area contributed by atoms with Gasteiger partial charge in [-0.05, 0) is 30.5 Å². The third kappa shape index (κ3) is 5.02. The third-order valence-electron chi connectivity index (χ3n) is 3.99. The van der Waals surface area contributed by atoms with Gasteiger partial charge in [0.05, 0.1) is 24.3 Å². The SMILES string of the molecule is CCc1ccc(NC(=O)CN(C2CCS(=O)(=O)C2)S(C)(=O)=O)cc1. The summed E-state index contributed by atoms with van der Waals surface area (Å²) in [6, 6.07) is 6.59. The molecule has 1 N–H and O–H groups in total. The number of sulfone groups is 1. The lowest BCUT2D eigenvalue weighted by Gasteiger charge is -2.24. The van der Waals surface area contributed by atoms with Gasteiger partial charge in [0.15, 0.2) is 9.84 Å². The monoisotopic (exact) mass is 374 g/mol. The highest BCUT2D eigenvalue weighted by Gasteiger charge is 2.37. The maximum atomic E-state index is 12.2. The Morgan fingerprint density at radius 2 is 1.92 bits per heavy atom. The molecule has 0 aliphatic carbocycles. The fraction of sp³-hybridized carbons (Fsp3) is 0.533. The van der Waals surface area contributed by atoms with Gasteiger partial charge in [-0.2, -0.15) is 4.31 Å². The van der Waals surface area contributed by atoms with Gasteiger partial charge < -0.3 is 5.32 Å². The van der Waals surface area contributed by atoms with Crippen LogP contribution in [0.4, 0.5) is 5.69 Å². The highest BCUT2D eigenvalue weighted by Crippen LogP contribution is 2.20. The van der Waals surface area contributed by atoms with Crippen molar-refractivity contribution >= 4 is 31.5 Å². The molecule has 1 aliphatic heterocycles. The molecule has 2 rings (SSSR count). The molecule has 1 fully saturated rings. The highest BCUT2D eigenvalue weighted by atomic mass is 32.2. The van der Waals surface area contributed by atoms with Gasteiger partial charge in [0.2, 0.25) is 15.9 Å². The first-order valence-corrected chi connectivity index (χ1v) is 11.3. The average Bonchev–Trinajstić information content (AvgIpc) is 2.84. The summed E-state index contributed by atoms with van der Waals surface area (Å²) in [4.78, 5) is 12.2. The molecule has 1 saturated heterocycles. The Bertz CT molecular complexity index is 801. The predicted molar refractivity (Wildman–Crippen MR) is 93.1 cm³/mol. The van der Waals surface area contributed by atoms with Crippen LogP contribution in [-0.4, -0.2) is 57.4 Å². The van der Waals surface area contributed by atoms with Crippen molar-refractivity contribution in [3.05, 3.63) is 29.8 Å². The summed E-state index contributed by atoms with van der Waals surface area (Å²) in [5, 5.41) is 2.65. The zero-order valence-corrected chi connectivity index (χ0v) is 15.4. The Hall–Kier alpha value is -1.45. The topological polar surface area (TPSA) is 101 Å². The zero-order chi connectivity index (χ0) is 18.0. The van der Waals surface area contributed by atoms with E-state index in [1.807, 2.05) is 19.1 Å². The quantitative estimate of drug-likeness (QED) is 0.787. The number of rotatable bonds is 6. The van der Waals surface area contributed by atoms with Crippen molar-refractivity contribution in [1.82, 2.24) is 4.31 Å². The molecule has 1 aromatic carbocycles. The Morgan fingerprint density at radius 1 is 1.29 bits per heavy atom. The molecule has 1 atom stereocenters. The van der Waals surface area contributed by atoms with E-state index in [1.165, 1.54) is 0 Å². The van der Waals surface area contributed by atoms with Crippen molar-refractivity contribution in [2.24, 2.45) is 0 Å². The summed E-state index contributed by atoms with van der Waals surface area (Å²) in [6.07, 6.45) is 2.08. The van der Waals surface area contributed by atoms with Gasteiger partial charge in [0.1, 0.15) is 0 Å². The number of carbonyl (C=O) groups is 1. The van der Waals surface area contributed by atoms with Gasteiger partial charge in [-0.1, -0.05) is 19.1 Å². The molecule has 0 aromatic heterocycles. The van der Waals surface area contributed by atoms with Gasteiger partial charge in [0, 0.05) is 11.7 Å². The van der Waals surface area contributed by atoms with Gasteiger partial charge in [-0.25, -0.2) is 16.8 Å². The van der Waals surface area contributed by atoms with Gasteiger partial charge in [-0.15, -0.1) is 0 Å². The number of benzene rings is 1. The Labute approximate surface area is 143 Å². The van der Waals surface area contributed by atoms with Crippen LogP contribution in [0.1, 0.15) is 18.9 Å². The van der Waals surface area contributed by atoms with Crippen molar-refractivity contribution in [3.63, 3.8) is 0 Å². The summed E-state index contributed by atoms with van der Waals surface area (Å²) in [5.74, 6) is -0.781. The minimum atomic E-state index is -3.69. The lowest BCUT2D eigenvalue weighted by Crippen LogP contribution is -2.44. The van der Waals surface area contributed by atoms with E-state index in [4.69, 9.17) is 0 Å². The van der Waals surface area contributed by atoms with E-state index in [-0.39, 0.29) is 17.9 Å². The minimum Gasteiger partial charge on any atom is -0.325 e. The molecule has 1 aromatic rings. The fourth-order valence-electron chi connectivity index (χ4n) is 2.69. The minimum absolute atomic E-state index is 0.0518. The molecule has 7 nitrogen and oxygen atoms in total. The number of aryl methyl sites for hydroxylation is 1. The lowest BCUT2D eigenvalue weighted by molar-refractivity contribution is -0.116. The Balaban J connectivity index is 2.07. The van der Waals surface area contributed by atoms with E-state index in [1.54, 1.807) is 12.1 Å². The van der Waals surface area contributed by atoms with Gasteiger partial charge in [0.25, 0.3) is 0 Å². The number of sulfonamides is 1. The maximum absolute atomic E-state index is 12.2. The fourth-order valence-corrected chi connectivity index (χ4v) is 5.58. The molecule has 1 amide bonds. The van der Waals surface area contributed by atoms with Crippen molar-refractivity contribution in [2.45, 2.75) is 25.8 Å². The molecular weight excluding hydrogens is 352 g/mol. The predicted octanol–water partition coefficient (Wildman–Crippen LogP) is 0.636. The molecule has 1 heterocycles. The van der Waals surface area contributed by atoms with Gasteiger partial charge in [-0.3, -0.25) is 4.79 Å². The molecule has 9 heteroatoms. The Kier molecular flexibility index (Phi) is 5.67. The van der Waals surface area contributed by atoms with Crippen molar-refractivity contribution in [2.75, 3.05) is 29.6 Å². The second kappa shape index (κ2) is 7.20. The first-order valence-electron chi connectivity index (χ1n) is 7.67. The normalized spacial score (nSPS) is 20.2. The number of hydrogen-bond donors (Lipinski definition) is 1. The van der Waals surface area contributed by atoms with E-state index in [9.17, 15) is 21.6 Å². The second-order valence-corrected chi connectivity index (χ2v) is 10.1. The molecule has 0 bridgehead atoms. The second-order valence-electron chi connectivity index (χ2n) is 5.96. The number of hydrogen-bond acceptors (Lipinski definition) is 5. The summed E-state index contributed by atoms with van der Waals surface area (Å²) in [7, 11) is -6.93. The largest absolute Gasteiger partial charge is 0.325 e. The van der Waals surface area contributed by atoms with Crippen LogP contribution >= 0.6 is 0 Å².